The van der Waals surface area contributed by atoms with E-state index in [4.69, 9.17) is 0 Å². The Morgan fingerprint density at radius 1 is 1.03 bits per heavy atom. The Bertz CT molecular complexity index is 1150. The highest BCUT2D eigenvalue weighted by molar-refractivity contribution is 7.90. The number of aromatic nitrogens is 2. The van der Waals surface area contributed by atoms with Gasteiger partial charge >= 0.3 is 6.18 Å². The highest BCUT2D eigenvalue weighted by Crippen LogP contribution is 2.34. The van der Waals surface area contributed by atoms with Crippen molar-refractivity contribution < 1.29 is 21.6 Å². The first kappa shape index (κ1) is 21.0. The lowest BCUT2D eigenvalue weighted by atomic mass is 9.94. The molecule has 0 bridgehead atoms. The van der Waals surface area contributed by atoms with Crippen LogP contribution in [0, 0.1) is 5.92 Å². The van der Waals surface area contributed by atoms with Crippen molar-refractivity contribution in [1.82, 2.24) is 9.97 Å². The summed E-state index contributed by atoms with van der Waals surface area (Å²) in [6.45, 7) is 3.76. The topological polar surface area (TPSA) is 72.0 Å². The van der Waals surface area contributed by atoms with Crippen LogP contribution < -0.4 is 5.32 Å². The summed E-state index contributed by atoms with van der Waals surface area (Å²) in [6.07, 6.45) is -2.01. The van der Waals surface area contributed by atoms with E-state index in [0.29, 0.717) is 22.3 Å². The zero-order chi connectivity index (χ0) is 21.4. The van der Waals surface area contributed by atoms with Crippen molar-refractivity contribution >= 4 is 26.6 Å². The summed E-state index contributed by atoms with van der Waals surface area (Å²) in [5, 5.41) is 3.66. The second-order valence-corrected chi connectivity index (χ2v) is 9.18. The molecule has 0 saturated carbocycles. The average Bonchev–Trinajstić information content (AvgIpc) is 2.64. The number of sulfone groups is 1. The maximum absolute atomic E-state index is 13.1. The van der Waals surface area contributed by atoms with Gasteiger partial charge in [0.15, 0.2) is 9.84 Å². The molecule has 0 radical (unpaired) electrons. The molecule has 9 heteroatoms. The Morgan fingerprint density at radius 3 is 2.38 bits per heavy atom. The maximum atomic E-state index is 13.1. The monoisotopic (exact) mass is 423 g/mol. The van der Waals surface area contributed by atoms with Crippen molar-refractivity contribution in [3.63, 3.8) is 0 Å². The number of hydrogen-bond donors (Lipinski definition) is 1. The first-order chi connectivity index (χ1) is 13.5. The fourth-order valence-corrected chi connectivity index (χ4v) is 3.72. The predicted molar refractivity (Wildman–Crippen MR) is 105 cm³/mol. The van der Waals surface area contributed by atoms with E-state index < -0.39 is 27.6 Å². The van der Waals surface area contributed by atoms with Gasteiger partial charge in [0, 0.05) is 11.6 Å². The lowest BCUT2D eigenvalue weighted by Gasteiger charge is -2.25. The number of halogens is 3. The third-order valence-electron chi connectivity index (χ3n) is 4.57. The van der Waals surface area contributed by atoms with Crippen LogP contribution in [-0.4, -0.2) is 24.6 Å². The molecule has 1 heterocycles. The minimum absolute atomic E-state index is 0.0680. The minimum Gasteiger partial charge on any atom is -0.362 e. The Hall–Kier alpha value is -2.68. The summed E-state index contributed by atoms with van der Waals surface area (Å²) >= 11 is 0. The van der Waals surface area contributed by atoms with Gasteiger partial charge in [-0.25, -0.2) is 18.4 Å². The lowest BCUT2D eigenvalue weighted by molar-refractivity contribution is -0.137. The molecule has 1 aromatic heterocycles. The van der Waals surface area contributed by atoms with Gasteiger partial charge in [-0.05, 0) is 41.8 Å². The number of nitrogens with zero attached hydrogens (tertiary/aromatic N) is 2. The van der Waals surface area contributed by atoms with Gasteiger partial charge in [-0.2, -0.15) is 13.2 Å². The first-order valence-electron chi connectivity index (χ1n) is 8.85. The fraction of sp³-hybridized carbons (Fsp3) is 0.300. The number of nitrogens with one attached hydrogen (secondary N) is 1. The summed E-state index contributed by atoms with van der Waals surface area (Å²) in [7, 11) is -3.44. The van der Waals surface area contributed by atoms with Gasteiger partial charge in [0.2, 0.25) is 0 Å². The third kappa shape index (κ3) is 4.67. The number of benzene rings is 2. The van der Waals surface area contributed by atoms with Crippen molar-refractivity contribution in [1.29, 1.82) is 0 Å². The molecular weight excluding hydrogens is 403 g/mol. The van der Waals surface area contributed by atoms with Crippen molar-refractivity contribution in [2.45, 2.75) is 31.0 Å². The smallest absolute Gasteiger partial charge is 0.362 e. The van der Waals surface area contributed by atoms with Gasteiger partial charge in [0.25, 0.3) is 0 Å². The zero-order valence-corrected chi connectivity index (χ0v) is 16.8. The van der Waals surface area contributed by atoms with Crippen LogP contribution >= 0.6 is 0 Å². The Kier molecular flexibility index (Phi) is 5.53. The van der Waals surface area contributed by atoms with Gasteiger partial charge in [-0.3, -0.25) is 0 Å². The van der Waals surface area contributed by atoms with Crippen molar-refractivity contribution in [2.24, 2.45) is 5.92 Å². The van der Waals surface area contributed by atoms with Crippen molar-refractivity contribution in [3.8, 4) is 0 Å². The molecule has 29 heavy (non-hydrogen) atoms. The molecule has 0 aliphatic rings. The van der Waals surface area contributed by atoms with E-state index in [1.807, 2.05) is 13.8 Å². The van der Waals surface area contributed by atoms with Crippen LogP contribution in [0.1, 0.15) is 31.0 Å². The van der Waals surface area contributed by atoms with E-state index >= 15 is 0 Å². The van der Waals surface area contributed by atoms with Crippen LogP contribution in [0.25, 0.3) is 10.9 Å². The first-order valence-corrected chi connectivity index (χ1v) is 10.7. The minimum atomic E-state index is -4.44. The summed E-state index contributed by atoms with van der Waals surface area (Å²) in [5.41, 5.74) is 0.261. The zero-order valence-electron chi connectivity index (χ0n) is 16.0. The second-order valence-electron chi connectivity index (χ2n) is 7.16. The molecule has 154 valence electrons. The van der Waals surface area contributed by atoms with Gasteiger partial charge in [0.1, 0.15) is 12.1 Å². The van der Waals surface area contributed by atoms with Crippen LogP contribution in [0.15, 0.2) is 53.7 Å². The standard InChI is InChI=1S/C20H20F3N3O2S/c1-12(2)18(13-5-4-6-14(9-13)20(21,22)23)26-19-16-10-15(29(3,27)28)7-8-17(16)24-11-25-19/h4-12,18H,1-3H3,(H,24,25,26). The van der Waals surface area contributed by atoms with Crippen LogP contribution in [0.5, 0.6) is 0 Å². The van der Waals surface area contributed by atoms with E-state index in [2.05, 4.69) is 15.3 Å². The maximum Gasteiger partial charge on any atom is 0.416 e. The second kappa shape index (κ2) is 7.62. The number of alkyl halides is 3. The molecule has 3 rings (SSSR count). The van der Waals surface area contributed by atoms with Crippen LogP contribution in [0.3, 0.4) is 0 Å². The number of anilines is 1. The normalized spacial score (nSPS) is 13.6. The molecule has 1 N–H and O–H groups in total. The van der Waals surface area contributed by atoms with Gasteiger partial charge in [0.05, 0.1) is 22.0 Å². The fourth-order valence-electron chi connectivity index (χ4n) is 3.07. The van der Waals surface area contributed by atoms with Crippen molar-refractivity contribution in [2.75, 3.05) is 11.6 Å². The molecule has 0 aliphatic heterocycles. The van der Waals surface area contributed by atoms with E-state index in [-0.39, 0.29) is 10.8 Å². The van der Waals surface area contributed by atoms with E-state index in [1.54, 1.807) is 12.1 Å². The molecule has 1 unspecified atom stereocenters. The molecule has 3 aromatic rings. The Labute approximate surface area is 166 Å². The highest BCUT2D eigenvalue weighted by Gasteiger charge is 2.31. The predicted octanol–water partition coefficient (Wildman–Crippen LogP) is 4.86. The molecule has 0 fully saturated rings. The molecule has 0 aliphatic carbocycles. The quantitative estimate of drug-likeness (QED) is 0.634. The molecule has 0 spiro atoms. The third-order valence-corrected chi connectivity index (χ3v) is 5.68. The van der Waals surface area contributed by atoms with Crippen LogP contribution in [0.4, 0.5) is 19.0 Å². The van der Waals surface area contributed by atoms with Crippen LogP contribution in [-0.2, 0) is 16.0 Å². The van der Waals surface area contributed by atoms with Gasteiger partial charge in [-0.1, -0.05) is 26.0 Å². The average molecular weight is 423 g/mol. The number of rotatable bonds is 5. The summed E-state index contributed by atoms with van der Waals surface area (Å²) < 4.78 is 63.2. The number of fused-ring (bicyclic) bond motifs is 1. The SMILES string of the molecule is CC(C)C(Nc1ncnc2ccc(S(C)(=O)=O)cc12)c1cccc(C(F)(F)F)c1. The molecule has 5 nitrogen and oxygen atoms in total. The summed E-state index contributed by atoms with van der Waals surface area (Å²) in [5.74, 6) is 0.290. The van der Waals surface area contributed by atoms with E-state index in [1.165, 1.54) is 24.5 Å². The molecule has 0 saturated heterocycles. The Morgan fingerprint density at radius 2 is 1.76 bits per heavy atom. The molecule has 2 aromatic carbocycles. The van der Waals surface area contributed by atoms with E-state index in [0.717, 1.165) is 18.4 Å². The van der Waals surface area contributed by atoms with E-state index in [9.17, 15) is 21.6 Å². The Balaban J connectivity index is 2.07. The lowest BCUT2D eigenvalue weighted by Crippen LogP contribution is -2.19. The summed E-state index contributed by atoms with van der Waals surface area (Å²) in [4.78, 5) is 8.47. The highest BCUT2D eigenvalue weighted by atomic mass is 32.2. The van der Waals surface area contributed by atoms with Crippen LogP contribution in [0.2, 0.25) is 0 Å². The molecular formula is C20H20F3N3O2S. The van der Waals surface area contributed by atoms with Gasteiger partial charge < -0.3 is 5.32 Å². The molecule has 1 atom stereocenters. The van der Waals surface area contributed by atoms with Crippen molar-refractivity contribution in [3.05, 3.63) is 59.9 Å². The number of hydrogen-bond acceptors (Lipinski definition) is 5. The summed E-state index contributed by atoms with van der Waals surface area (Å²) in [6, 6.07) is 9.16. The van der Waals surface area contributed by atoms with Gasteiger partial charge in [-0.15, -0.1) is 0 Å². The molecule has 0 amide bonds. The largest absolute Gasteiger partial charge is 0.416 e.